The maximum atomic E-state index is 11.5. The van der Waals surface area contributed by atoms with E-state index in [1.165, 1.54) is 11.6 Å². The Hall–Kier alpha value is -1.83. The Morgan fingerprint density at radius 2 is 2.06 bits per heavy atom. The first-order chi connectivity index (χ1) is 8.26. The van der Waals surface area contributed by atoms with Crippen molar-refractivity contribution in [1.29, 1.82) is 0 Å². The lowest BCUT2D eigenvalue weighted by molar-refractivity contribution is 0.0974. The molecule has 90 valence electrons. The van der Waals surface area contributed by atoms with E-state index in [4.69, 9.17) is 0 Å². The Balaban J connectivity index is 0.000000686. The fourth-order valence-electron chi connectivity index (χ4n) is 1.70. The lowest BCUT2D eigenvalue weighted by Crippen LogP contribution is -2.04. The number of benzene rings is 1. The Morgan fingerprint density at radius 3 is 2.65 bits per heavy atom. The topological polar surface area (TPSA) is 22.0 Å². The fourth-order valence-corrected chi connectivity index (χ4v) is 1.70. The molecular formula is C15H19NO. The zero-order valence-electron chi connectivity index (χ0n) is 10.7. The lowest BCUT2D eigenvalue weighted by Gasteiger charge is -2.01. The molecule has 0 atom stereocenters. The molecule has 1 aromatic carbocycles. The molecular weight excluding hydrogens is 210 g/mol. The molecule has 0 spiro atoms. The van der Waals surface area contributed by atoms with E-state index in [0.29, 0.717) is 0 Å². The van der Waals surface area contributed by atoms with Gasteiger partial charge in [0, 0.05) is 11.6 Å². The molecule has 2 rings (SSSR count). The average Bonchev–Trinajstić information content (AvgIpc) is 2.82. The molecule has 0 N–H and O–H groups in total. The van der Waals surface area contributed by atoms with Gasteiger partial charge in [0.05, 0.1) is 5.52 Å². The van der Waals surface area contributed by atoms with Crippen molar-refractivity contribution in [2.45, 2.75) is 27.2 Å². The first kappa shape index (κ1) is 13.2. The van der Waals surface area contributed by atoms with Crippen LogP contribution in [0.25, 0.3) is 10.9 Å². The van der Waals surface area contributed by atoms with Gasteiger partial charge < -0.3 is 0 Å². The van der Waals surface area contributed by atoms with Gasteiger partial charge in [0.2, 0.25) is 0 Å². The number of aryl methyl sites for hydroxylation is 1. The molecule has 0 aliphatic heterocycles. The summed E-state index contributed by atoms with van der Waals surface area (Å²) >= 11 is 0. The minimum Gasteiger partial charge on any atom is -0.284 e. The second-order valence-electron chi connectivity index (χ2n) is 3.47. The Bertz CT molecular complexity index is 523. The number of fused-ring (bicyclic) bond motifs is 1. The SMILES string of the molecule is C=CC(=O)n1ccc2cc(CC)ccc21.CC. The smallest absolute Gasteiger partial charge is 0.254 e. The third-order valence-corrected chi connectivity index (χ3v) is 2.57. The van der Waals surface area contributed by atoms with Crippen LogP contribution in [0.2, 0.25) is 0 Å². The predicted octanol–water partition coefficient (Wildman–Crippen LogP) is 4.06. The van der Waals surface area contributed by atoms with Crippen LogP contribution in [-0.4, -0.2) is 10.5 Å². The van der Waals surface area contributed by atoms with E-state index in [-0.39, 0.29) is 5.91 Å². The summed E-state index contributed by atoms with van der Waals surface area (Å²) in [6.07, 6.45) is 4.12. The first-order valence-electron chi connectivity index (χ1n) is 6.03. The molecule has 0 bridgehead atoms. The molecule has 0 radical (unpaired) electrons. The number of carbonyl (C=O) groups is 1. The van der Waals surface area contributed by atoms with Crippen LogP contribution in [0.5, 0.6) is 0 Å². The molecule has 2 aromatic rings. The Kier molecular flexibility index (Phi) is 4.70. The number of hydrogen-bond acceptors (Lipinski definition) is 1. The van der Waals surface area contributed by atoms with Crippen LogP contribution in [0.1, 0.15) is 31.1 Å². The zero-order chi connectivity index (χ0) is 12.8. The minimum atomic E-state index is -0.0887. The largest absolute Gasteiger partial charge is 0.284 e. The molecule has 0 unspecified atom stereocenters. The van der Waals surface area contributed by atoms with Crippen LogP contribution in [0.15, 0.2) is 43.1 Å². The number of nitrogens with zero attached hydrogens (tertiary/aromatic N) is 1. The minimum absolute atomic E-state index is 0.0887. The molecule has 0 aliphatic rings. The number of allylic oxidation sites excluding steroid dienone is 1. The third-order valence-electron chi connectivity index (χ3n) is 2.57. The molecule has 0 aliphatic carbocycles. The van der Waals surface area contributed by atoms with Gasteiger partial charge in [0.25, 0.3) is 5.91 Å². The van der Waals surface area contributed by atoms with E-state index in [0.717, 1.165) is 17.3 Å². The van der Waals surface area contributed by atoms with E-state index < -0.39 is 0 Å². The summed E-state index contributed by atoms with van der Waals surface area (Å²) in [7, 11) is 0. The summed E-state index contributed by atoms with van der Waals surface area (Å²) in [5.41, 5.74) is 2.23. The van der Waals surface area contributed by atoms with E-state index in [9.17, 15) is 4.79 Å². The number of aromatic nitrogens is 1. The van der Waals surface area contributed by atoms with Gasteiger partial charge in [0.1, 0.15) is 0 Å². The van der Waals surface area contributed by atoms with Crippen LogP contribution < -0.4 is 0 Å². The Labute approximate surface area is 103 Å². The standard InChI is InChI=1S/C13H13NO.C2H6/c1-3-10-5-6-12-11(9-10)7-8-14(12)13(15)4-2;1-2/h4-9H,2-3H2,1H3;1-2H3. The predicted molar refractivity (Wildman–Crippen MR) is 73.5 cm³/mol. The van der Waals surface area contributed by atoms with Gasteiger partial charge in [-0.2, -0.15) is 0 Å². The molecule has 0 amide bonds. The van der Waals surface area contributed by atoms with Crippen molar-refractivity contribution in [3.05, 3.63) is 48.7 Å². The van der Waals surface area contributed by atoms with Gasteiger partial charge in [-0.3, -0.25) is 9.36 Å². The molecule has 17 heavy (non-hydrogen) atoms. The highest BCUT2D eigenvalue weighted by molar-refractivity contribution is 5.97. The molecule has 2 heteroatoms. The van der Waals surface area contributed by atoms with Crippen molar-refractivity contribution >= 4 is 16.8 Å². The zero-order valence-corrected chi connectivity index (χ0v) is 10.7. The summed E-state index contributed by atoms with van der Waals surface area (Å²) in [6, 6.07) is 8.10. The van der Waals surface area contributed by atoms with Crippen LogP contribution in [0, 0.1) is 0 Å². The van der Waals surface area contributed by atoms with Gasteiger partial charge >= 0.3 is 0 Å². The molecule has 2 nitrogen and oxygen atoms in total. The average molecular weight is 229 g/mol. The lowest BCUT2D eigenvalue weighted by atomic mass is 10.1. The maximum absolute atomic E-state index is 11.5. The summed E-state index contributed by atoms with van der Waals surface area (Å²) < 4.78 is 1.61. The van der Waals surface area contributed by atoms with Gasteiger partial charge in [-0.1, -0.05) is 33.4 Å². The van der Waals surface area contributed by atoms with Crippen molar-refractivity contribution in [3.8, 4) is 0 Å². The second-order valence-corrected chi connectivity index (χ2v) is 3.47. The summed E-state index contributed by atoms with van der Waals surface area (Å²) in [6.45, 7) is 9.60. The molecule has 1 heterocycles. The van der Waals surface area contributed by atoms with E-state index >= 15 is 0 Å². The molecule has 0 fully saturated rings. The van der Waals surface area contributed by atoms with Gasteiger partial charge in [-0.15, -0.1) is 0 Å². The monoisotopic (exact) mass is 229 g/mol. The molecule has 0 saturated carbocycles. The number of carbonyl (C=O) groups excluding carboxylic acids is 1. The van der Waals surface area contributed by atoms with Crippen LogP contribution in [0.4, 0.5) is 0 Å². The van der Waals surface area contributed by atoms with Crippen LogP contribution >= 0.6 is 0 Å². The highest BCUT2D eigenvalue weighted by atomic mass is 16.1. The highest BCUT2D eigenvalue weighted by Crippen LogP contribution is 2.18. The summed E-state index contributed by atoms with van der Waals surface area (Å²) in [4.78, 5) is 11.5. The van der Waals surface area contributed by atoms with Crippen LogP contribution in [0.3, 0.4) is 0 Å². The molecule has 0 saturated heterocycles. The fraction of sp³-hybridized carbons (Fsp3) is 0.267. The van der Waals surface area contributed by atoms with E-state index in [1.807, 2.05) is 26.0 Å². The van der Waals surface area contributed by atoms with E-state index in [1.54, 1.807) is 10.8 Å². The van der Waals surface area contributed by atoms with Crippen molar-refractivity contribution in [3.63, 3.8) is 0 Å². The van der Waals surface area contributed by atoms with Gasteiger partial charge in [-0.25, -0.2) is 0 Å². The number of hydrogen-bond donors (Lipinski definition) is 0. The van der Waals surface area contributed by atoms with Crippen molar-refractivity contribution in [2.24, 2.45) is 0 Å². The van der Waals surface area contributed by atoms with Crippen molar-refractivity contribution in [2.75, 3.05) is 0 Å². The first-order valence-corrected chi connectivity index (χ1v) is 6.03. The van der Waals surface area contributed by atoms with Crippen molar-refractivity contribution in [1.82, 2.24) is 4.57 Å². The molecule has 1 aromatic heterocycles. The quantitative estimate of drug-likeness (QED) is 0.712. The highest BCUT2D eigenvalue weighted by Gasteiger charge is 2.05. The third kappa shape index (κ3) is 2.64. The summed E-state index contributed by atoms with van der Waals surface area (Å²) in [5, 5.41) is 1.10. The van der Waals surface area contributed by atoms with Crippen molar-refractivity contribution < 1.29 is 4.79 Å². The normalized spacial score (nSPS) is 9.59. The van der Waals surface area contributed by atoms with Crippen LogP contribution in [-0.2, 0) is 6.42 Å². The maximum Gasteiger partial charge on any atom is 0.254 e. The Morgan fingerprint density at radius 1 is 1.35 bits per heavy atom. The second kappa shape index (κ2) is 6.04. The van der Waals surface area contributed by atoms with E-state index in [2.05, 4.69) is 25.6 Å². The van der Waals surface area contributed by atoms with Gasteiger partial charge in [-0.05, 0) is 36.3 Å². The number of rotatable bonds is 2. The summed E-state index contributed by atoms with van der Waals surface area (Å²) in [5.74, 6) is -0.0887. The van der Waals surface area contributed by atoms with Gasteiger partial charge in [0.15, 0.2) is 0 Å².